The summed E-state index contributed by atoms with van der Waals surface area (Å²) in [4.78, 5) is 0.176. The Morgan fingerprint density at radius 1 is 1.27 bits per heavy atom. The molecule has 1 aromatic carbocycles. The van der Waals surface area contributed by atoms with Crippen molar-refractivity contribution in [2.45, 2.75) is 23.4 Å². The molecule has 0 unspecified atom stereocenters. The highest BCUT2D eigenvalue weighted by atomic mass is 35.5. The van der Waals surface area contributed by atoms with E-state index in [1.54, 1.807) is 25.1 Å². The van der Waals surface area contributed by atoms with Crippen LogP contribution in [0.15, 0.2) is 29.2 Å². The Balaban J connectivity index is 0.00000196. The highest BCUT2D eigenvalue weighted by molar-refractivity contribution is 8.00. The van der Waals surface area contributed by atoms with Gasteiger partial charge in [-0.25, -0.2) is 0 Å². The van der Waals surface area contributed by atoms with E-state index >= 15 is 0 Å². The molecule has 0 amide bonds. The first-order chi connectivity index (χ1) is 6.40. The number of rotatable bonds is 2. The number of alkyl halides is 3. The van der Waals surface area contributed by atoms with Crippen LogP contribution in [0.5, 0.6) is 0 Å². The number of hydrogen-bond donors (Lipinski definition) is 1. The number of nitrogens with two attached hydrogens (primary N) is 1. The Kier molecular flexibility index (Phi) is 5.48. The number of hydrogen-bond acceptors (Lipinski definition) is 2. The maximum Gasteiger partial charge on any atom is 0.446 e. The van der Waals surface area contributed by atoms with Crippen LogP contribution in [0.3, 0.4) is 0 Å². The van der Waals surface area contributed by atoms with E-state index in [0.717, 1.165) is 0 Å². The normalized spacial score (nSPS) is 13.1. The molecule has 0 aliphatic carbocycles. The molecule has 2 N–H and O–H groups in total. The average Bonchev–Trinajstić information content (AvgIpc) is 2.01. The van der Waals surface area contributed by atoms with Crippen LogP contribution in [0.25, 0.3) is 0 Å². The second kappa shape index (κ2) is 5.63. The zero-order valence-electron chi connectivity index (χ0n) is 7.91. The summed E-state index contributed by atoms with van der Waals surface area (Å²) in [6.45, 7) is 1.66. The minimum absolute atomic E-state index is 0. The standard InChI is InChI=1S/C9H10F3NS.ClH/c1-6(13)7-4-2-3-5-8(7)14-9(10,11)12;/h2-6H,13H2,1H3;1H/t6-;/m1./s1. The van der Waals surface area contributed by atoms with Crippen molar-refractivity contribution < 1.29 is 13.2 Å². The molecule has 0 saturated heterocycles. The van der Waals surface area contributed by atoms with Crippen molar-refractivity contribution in [1.82, 2.24) is 0 Å². The lowest BCUT2D eigenvalue weighted by atomic mass is 10.1. The van der Waals surface area contributed by atoms with Crippen molar-refractivity contribution >= 4 is 24.2 Å². The largest absolute Gasteiger partial charge is 0.446 e. The molecule has 1 atom stereocenters. The van der Waals surface area contributed by atoms with Crippen LogP contribution in [-0.2, 0) is 0 Å². The summed E-state index contributed by atoms with van der Waals surface area (Å²) in [5, 5.41) is 0. The molecule has 0 spiro atoms. The molecule has 6 heteroatoms. The van der Waals surface area contributed by atoms with E-state index in [-0.39, 0.29) is 35.1 Å². The van der Waals surface area contributed by atoms with Gasteiger partial charge in [-0.2, -0.15) is 13.2 Å². The Morgan fingerprint density at radius 3 is 2.27 bits per heavy atom. The zero-order chi connectivity index (χ0) is 10.8. The molecule has 1 rings (SSSR count). The van der Waals surface area contributed by atoms with Crippen molar-refractivity contribution in [3.8, 4) is 0 Å². The molecular formula is C9H11ClF3NS. The van der Waals surface area contributed by atoms with Gasteiger partial charge in [0.2, 0.25) is 0 Å². The van der Waals surface area contributed by atoms with Crippen LogP contribution in [0.2, 0.25) is 0 Å². The highest BCUT2D eigenvalue weighted by Crippen LogP contribution is 2.39. The van der Waals surface area contributed by atoms with E-state index in [2.05, 4.69) is 0 Å². The monoisotopic (exact) mass is 257 g/mol. The van der Waals surface area contributed by atoms with Gasteiger partial charge in [0.15, 0.2) is 0 Å². The van der Waals surface area contributed by atoms with Crippen LogP contribution in [0, 0.1) is 0 Å². The van der Waals surface area contributed by atoms with Crippen molar-refractivity contribution in [2.75, 3.05) is 0 Å². The van der Waals surface area contributed by atoms with Crippen LogP contribution in [0.1, 0.15) is 18.5 Å². The van der Waals surface area contributed by atoms with Crippen molar-refractivity contribution in [3.05, 3.63) is 29.8 Å². The summed E-state index contributed by atoms with van der Waals surface area (Å²) in [6, 6.07) is 5.90. The van der Waals surface area contributed by atoms with Gasteiger partial charge in [-0.05, 0) is 30.3 Å². The van der Waals surface area contributed by atoms with Crippen LogP contribution < -0.4 is 5.73 Å². The molecule has 0 bridgehead atoms. The lowest BCUT2D eigenvalue weighted by Gasteiger charge is -2.13. The molecule has 0 heterocycles. The Morgan fingerprint density at radius 2 is 1.80 bits per heavy atom. The number of halogens is 4. The first kappa shape index (κ1) is 14.6. The molecule has 0 saturated carbocycles. The van der Waals surface area contributed by atoms with Crippen molar-refractivity contribution in [3.63, 3.8) is 0 Å². The van der Waals surface area contributed by atoms with Gasteiger partial charge in [-0.3, -0.25) is 0 Å². The predicted octanol–water partition coefficient (Wildman–Crippen LogP) is 3.74. The fourth-order valence-electron chi connectivity index (χ4n) is 1.07. The van der Waals surface area contributed by atoms with E-state index in [1.807, 2.05) is 0 Å². The topological polar surface area (TPSA) is 26.0 Å². The smallest absolute Gasteiger partial charge is 0.324 e. The molecule has 0 radical (unpaired) electrons. The minimum atomic E-state index is -4.26. The molecule has 1 aromatic rings. The fourth-order valence-corrected chi connectivity index (χ4v) is 1.84. The fraction of sp³-hybridized carbons (Fsp3) is 0.333. The Labute approximate surface area is 96.6 Å². The SMILES string of the molecule is C[C@@H](N)c1ccccc1SC(F)(F)F.Cl. The molecule has 86 valence electrons. The zero-order valence-corrected chi connectivity index (χ0v) is 9.55. The molecule has 15 heavy (non-hydrogen) atoms. The second-order valence-electron chi connectivity index (χ2n) is 2.87. The third-order valence-corrected chi connectivity index (χ3v) is 2.46. The van der Waals surface area contributed by atoms with Gasteiger partial charge in [0.05, 0.1) is 0 Å². The van der Waals surface area contributed by atoms with Crippen molar-refractivity contribution in [1.29, 1.82) is 0 Å². The van der Waals surface area contributed by atoms with Crippen molar-refractivity contribution in [2.24, 2.45) is 5.73 Å². The van der Waals surface area contributed by atoms with Crippen LogP contribution in [-0.4, -0.2) is 5.51 Å². The van der Waals surface area contributed by atoms with E-state index in [9.17, 15) is 13.2 Å². The lowest BCUT2D eigenvalue weighted by Crippen LogP contribution is -2.08. The highest BCUT2D eigenvalue weighted by Gasteiger charge is 2.30. The summed E-state index contributed by atoms with van der Waals surface area (Å²) < 4.78 is 36.3. The Bertz CT molecular complexity index is 314. The van der Waals surface area contributed by atoms with E-state index < -0.39 is 5.51 Å². The number of benzene rings is 1. The predicted molar refractivity (Wildman–Crippen MR) is 58.2 cm³/mol. The molecule has 1 nitrogen and oxygen atoms in total. The summed E-state index contributed by atoms with van der Waals surface area (Å²) >= 11 is -0.124. The third kappa shape index (κ3) is 4.77. The van der Waals surface area contributed by atoms with E-state index in [4.69, 9.17) is 5.73 Å². The van der Waals surface area contributed by atoms with Crippen LogP contribution >= 0.6 is 24.2 Å². The maximum absolute atomic E-state index is 12.1. The Hall–Kier alpha value is -0.390. The van der Waals surface area contributed by atoms with Gasteiger partial charge >= 0.3 is 5.51 Å². The minimum Gasteiger partial charge on any atom is -0.324 e. The second-order valence-corrected chi connectivity index (χ2v) is 3.98. The molecular weight excluding hydrogens is 247 g/mol. The quantitative estimate of drug-likeness (QED) is 0.817. The summed E-state index contributed by atoms with van der Waals surface area (Å²) in [6.07, 6.45) is 0. The van der Waals surface area contributed by atoms with E-state index in [0.29, 0.717) is 5.56 Å². The van der Waals surface area contributed by atoms with Gasteiger partial charge in [-0.15, -0.1) is 12.4 Å². The lowest BCUT2D eigenvalue weighted by molar-refractivity contribution is -0.0328. The maximum atomic E-state index is 12.1. The van der Waals surface area contributed by atoms with Gasteiger partial charge in [0, 0.05) is 10.9 Å². The van der Waals surface area contributed by atoms with E-state index in [1.165, 1.54) is 6.07 Å². The molecule has 0 fully saturated rings. The molecule has 0 aliphatic heterocycles. The van der Waals surface area contributed by atoms with Gasteiger partial charge in [0.25, 0.3) is 0 Å². The number of thioether (sulfide) groups is 1. The van der Waals surface area contributed by atoms with Crippen LogP contribution in [0.4, 0.5) is 13.2 Å². The van der Waals surface area contributed by atoms with Gasteiger partial charge in [-0.1, -0.05) is 18.2 Å². The first-order valence-electron chi connectivity index (χ1n) is 4.00. The third-order valence-electron chi connectivity index (χ3n) is 1.64. The summed E-state index contributed by atoms with van der Waals surface area (Å²) in [5.74, 6) is 0. The first-order valence-corrected chi connectivity index (χ1v) is 4.82. The molecule has 0 aromatic heterocycles. The average molecular weight is 258 g/mol. The molecule has 0 aliphatic rings. The summed E-state index contributed by atoms with van der Waals surface area (Å²) in [7, 11) is 0. The van der Waals surface area contributed by atoms with Gasteiger partial charge in [0.1, 0.15) is 0 Å². The van der Waals surface area contributed by atoms with Gasteiger partial charge < -0.3 is 5.73 Å². The summed E-state index contributed by atoms with van der Waals surface area (Å²) in [5.41, 5.74) is 1.82.